The topological polar surface area (TPSA) is 32.3 Å². The van der Waals surface area contributed by atoms with Crippen LogP contribution in [0.2, 0.25) is 0 Å². The van der Waals surface area contributed by atoms with Crippen LogP contribution in [0.4, 0.5) is 0 Å². The zero-order valence-corrected chi connectivity index (χ0v) is 16.4. The maximum Gasteiger partial charge on any atom is 0.103 e. The molecule has 1 aromatic carbocycles. The van der Waals surface area contributed by atoms with Gasteiger partial charge in [-0.15, -0.1) is 11.3 Å². The standard InChI is InChI=1S/C22H31NOS/c1-15(2)19-13-21(25-14-19)22(24)16(3)23-20-11-7-10-18(12-20)17-8-5-4-6-9-17/h4-6,8-9,13-16,18,20,22-24H,7,10-12H2,1-3H3/t16?,18-,20+,22?/m1/s1. The lowest BCUT2D eigenvalue weighted by Crippen LogP contribution is -2.42. The van der Waals surface area contributed by atoms with Crippen LogP contribution in [0.3, 0.4) is 0 Å². The Morgan fingerprint density at radius 2 is 1.88 bits per heavy atom. The lowest BCUT2D eigenvalue weighted by molar-refractivity contribution is 0.126. The molecule has 25 heavy (non-hydrogen) atoms. The summed E-state index contributed by atoms with van der Waals surface area (Å²) >= 11 is 1.68. The second-order valence-corrected chi connectivity index (χ2v) is 8.75. The summed E-state index contributed by atoms with van der Waals surface area (Å²) in [6, 6.07) is 13.6. The first-order valence-electron chi connectivity index (χ1n) is 9.62. The van der Waals surface area contributed by atoms with E-state index in [0.29, 0.717) is 17.9 Å². The average Bonchev–Trinajstić information content (AvgIpc) is 3.12. The Balaban J connectivity index is 1.58. The van der Waals surface area contributed by atoms with Crippen molar-refractivity contribution in [1.29, 1.82) is 0 Å². The van der Waals surface area contributed by atoms with Crippen molar-refractivity contribution in [3.63, 3.8) is 0 Å². The molecule has 136 valence electrons. The third-order valence-corrected chi connectivity index (χ3v) is 6.54. The molecule has 2 N–H and O–H groups in total. The van der Waals surface area contributed by atoms with E-state index in [0.717, 1.165) is 4.88 Å². The van der Waals surface area contributed by atoms with E-state index in [2.05, 4.69) is 67.9 Å². The number of benzene rings is 1. The lowest BCUT2D eigenvalue weighted by atomic mass is 9.81. The Hall–Kier alpha value is -1.16. The van der Waals surface area contributed by atoms with Gasteiger partial charge in [-0.25, -0.2) is 0 Å². The third kappa shape index (κ3) is 4.72. The first-order valence-corrected chi connectivity index (χ1v) is 10.5. The van der Waals surface area contributed by atoms with Gasteiger partial charge in [-0.05, 0) is 60.6 Å². The second kappa shape index (κ2) is 8.48. The van der Waals surface area contributed by atoms with Gasteiger partial charge in [0, 0.05) is 17.0 Å². The molecule has 0 saturated heterocycles. The summed E-state index contributed by atoms with van der Waals surface area (Å²) in [6.45, 7) is 6.52. The minimum absolute atomic E-state index is 0.0817. The van der Waals surface area contributed by atoms with E-state index >= 15 is 0 Å². The van der Waals surface area contributed by atoms with Gasteiger partial charge in [-0.3, -0.25) is 0 Å². The molecule has 3 heteroatoms. The van der Waals surface area contributed by atoms with Crippen LogP contribution >= 0.6 is 11.3 Å². The molecule has 3 rings (SSSR count). The highest BCUT2D eigenvalue weighted by atomic mass is 32.1. The summed E-state index contributed by atoms with van der Waals surface area (Å²) in [6.07, 6.45) is 4.50. The molecule has 4 atom stereocenters. The van der Waals surface area contributed by atoms with Crippen molar-refractivity contribution in [2.75, 3.05) is 0 Å². The number of aliphatic hydroxyl groups is 1. The van der Waals surface area contributed by atoms with Crippen LogP contribution in [0.25, 0.3) is 0 Å². The number of nitrogens with one attached hydrogen (secondary N) is 1. The van der Waals surface area contributed by atoms with Crippen molar-refractivity contribution in [1.82, 2.24) is 5.32 Å². The molecule has 0 amide bonds. The minimum Gasteiger partial charge on any atom is -0.386 e. The average molecular weight is 358 g/mol. The van der Waals surface area contributed by atoms with Gasteiger partial charge in [0.05, 0.1) is 0 Å². The summed E-state index contributed by atoms with van der Waals surface area (Å²) in [4.78, 5) is 1.08. The zero-order valence-electron chi connectivity index (χ0n) is 15.6. The summed E-state index contributed by atoms with van der Waals surface area (Å²) in [5, 5.41) is 16.6. The second-order valence-electron chi connectivity index (χ2n) is 7.81. The van der Waals surface area contributed by atoms with Crippen molar-refractivity contribution in [3.8, 4) is 0 Å². The highest BCUT2D eigenvalue weighted by Gasteiger charge is 2.27. The largest absolute Gasteiger partial charge is 0.386 e. The molecule has 0 bridgehead atoms. The maximum atomic E-state index is 10.7. The lowest BCUT2D eigenvalue weighted by Gasteiger charge is -2.33. The van der Waals surface area contributed by atoms with E-state index < -0.39 is 6.10 Å². The summed E-state index contributed by atoms with van der Waals surface area (Å²) in [5.41, 5.74) is 2.79. The Kier molecular flexibility index (Phi) is 6.32. The van der Waals surface area contributed by atoms with Crippen LogP contribution in [-0.2, 0) is 0 Å². The predicted octanol–water partition coefficient (Wildman–Crippen LogP) is 5.61. The van der Waals surface area contributed by atoms with Crippen LogP contribution < -0.4 is 5.32 Å². The van der Waals surface area contributed by atoms with Gasteiger partial charge in [0.25, 0.3) is 0 Å². The smallest absolute Gasteiger partial charge is 0.103 e. The highest BCUT2D eigenvalue weighted by molar-refractivity contribution is 7.10. The molecule has 1 aromatic heterocycles. The number of thiophene rings is 1. The molecule has 1 heterocycles. The van der Waals surface area contributed by atoms with Gasteiger partial charge < -0.3 is 10.4 Å². The predicted molar refractivity (Wildman–Crippen MR) is 107 cm³/mol. The summed E-state index contributed by atoms with van der Waals surface area (Å²) in [7, 11) is 0. The Labute approximate surface area is 156 Å². The highest BCUT2D eigenvalue weighted by Crippen LogP contribution is 2.34. The third-order valence-electron chi connectivity index (χ3n) is 5.52. The maximum absolute atomic E-state index is 10.7. The number of aliphatic hydroxyl groups excluding tert-OH is 1. The van der Waals surface area contributed by atoms with Crippen LogP contribution in [0.5, 0.6) is 0 Å². The number of hydrogen-bond donors (Lipinski definition) is 2. The molecule has 0 radical (unpaired) electrons. The quantitative estimate of drug-likeness (QED) is 0.704. The molecule has 2 nitrogen and oxygen atoms in total. The Morgan fingerprint density at radius 1 is 1.12 bits per heavy atom. The van der Waals surface area contributed by atoms with Gasteiger partial charge in [0.15, 0.2) is 0 Å². The van der Waals surface area contributed by atoms with Gasteiger partial charge in [-0.1, -0.05) is 50.6 Å². The van der Waals surface area contributed by atoms with Crippen molar-refractivity contribution in [2.45, 2.75) is 76.5 Å². The molecule has 1 fully saturated rings. The molecule has 1 aliphatic rings. The fourth-order valence-electron chi connectivity index (χ4n) is 3.90. The molecule has 0 spiro atoms. The number of rotatable bonds is 6. The molecule has 1 aliphatic carbocycles. The summed E-state index contributed by atoms with van der Waals surface area (Å²) in [5.74, 6) is 1.16. The first-order chi connectivity index (χ1) is 12.0. The van der Waals surface area contributed by atoms with Crippen molar-refractivity contribution in [2.24, 2.45) is 0 Å². The van der Waals surface area contributed by atoms with Crippen molar-refractivity contribution < 1.29 is 5.11 Å². The van der Waals surface area contributed by atoms with Gasteiger partial charge in [0.1, 0.15) is 6.10 Å². The SMILES string of the molecule is CC(C)c1csc(C(O)C(C)N[C@H]2CCC[C@@H](c3ccccc3)C2)c1. The Morgan fingerprint density at radius 3 is 2.56 bits per heavy atom. The van der Waals surface area contributed by atoms with Gasteiger partial charge in [-0.2, -0.15) is 0 Å². The van der Waals surface area contributed by atoms with E-state index in [1.165, 1.54) is 36.8 Å². The van der Waals surface area contributed by atoms with Gasteiger partial charge >= 0.3 is 0 Å². The van der Waals surface area contributed by atoms with Crippen molar-refractivity contribution in [3.05, 3.63) is 57.8 Å². The first kappa shape index (κ1) is 18.6. The molecular formula is C22H31NOS. The van der Waals surface area contributed by atoms with Crippen LogP contribution in [0.15, 0.2) is 41.8 Å². The fourth-order valence-corrected chi connectivity index (χ4v) is 5.06. The molecule has 1 saturated carbocycles. The fraction of sp³-hybridized carbons (Fsp3) is 0.545. The van der Waals surface area contributed by atoms with E-state index in [4.69, 9.17) is 0 Å². The van der Waals surface area contributed by atoms with Crippen LogP contribution in [0, 0.1) is 0 Å². The summed E-state index contributed by atoms with van der Waals surface area (Å²) < 4.78 is 0. The monoisotopic (exact) mass is 357 g/mol. The number of hydrogen-bond acceptors (Lipinski definition) is 3. The van der Waals surface area contributed by atoms with Gasteiger partial charge in [0.2, 0.25) is 0 Å². The minimum atomic E-state index is -0.422. The Bertz CT molecular complexity index is 651. The van der Waals surface area contributed by atoms with E-state index in [9.17, 15) is 5.11 Å². The van der Waals surface area contributed by atoms with Crippen molar-refractivity contribution >= 4 is 11.3 Å². The molecule has 0 aliphatic heterocycles. The normalized spacial score (nSPS) is 23.6. The zero-order chi connectivity index (χ0) is 17.8. The van der Waals surface area contributed by atoms with Crippen LogP contribution in [0.1, 0.15) is 80.4 Å². The van der Waals surface area contributed by atoms with Crippen LogP contribution in [-0.4, -0.2) is 17.2 Å². The van der Waals surface area contributed by atoms with E-state index in [1.54, 1.807) is 11.3 Å². The molecular weight excluding hydrogens is 326 g/mol. The van der Waals surface area contributed by atoms with E-state index in [1.807, 2.05) is 0 Å². The van der Waals surface area contributed by atoms with E-state index in [-0.39, 0.29) is 6.04 Å². The molecule has 2 unspecified atom stereocenters. The molecule has 2 aromatic rings.